The van der Waals surface area contributed by atoms with E-state index >= 15 is 0 Å². The van der Waals surface area contributed by atoms with E-state index in [1.165, 1.54) is 0 Å². The minimum absolute atomic E-state index is 0.0914. The SMILES string of the molecule is CCC(C)NC(=O)C(C)NC(CN(C)C)C(C)C. The molecule has 0 saturated heterocycles. The zero-order valence-corrected chi connectivity index (χ0v) is 13.1. The van der Waals surface area contributed by atoms with E-state index in [-0.39, 0.29) is 18.0 Å². The molecule has 0 aromatic rings. The summed E-state index contributed by atoms with van der Waals surface area (Å²) in [6.45, 7) is 11.3. The maximum absolute atomic E-state index is 12.0. The van der Waals surface area contributed by atoms with E-state index in [2.05, 4.69) is 50.4 Å². The fraction of sp³-hybridized carbons (Fsp3) is 0.929. The van der Waals surface area contributed by atoms with Crippen molar-refractivity contribution < 1.29 is 4.79 Å². The molecule has 0 saturated carbocycles. The molecule has 0 aliphatic carbocycles. The zero-order chi connectivity index (χ0) is 14.3. The molecular formula is C14H31N3O. The molecule has 2 N–H and O–H groups in total. The van der Waals surface area contributed by atoms with Crippen molar-refractivity contribution in [1.82, 2.24) is 15.5 Å². The van der Waals surface area contributed by atoms with Crippen molar-refractivity contribution in [2.45, 2.75) is 59.2 Å². The number of amides is 1. The van der Waals surface area contributed by atoms with Crippen molar-refractivity contribution in [3.8, 4) is 0 Å². The molecular weight excluding hydrogens is 226 g/mol. The molecule has 3 unspecified atom stereocenters. The Kier molecular flexibility index (Phi) is 8.20. The first-order valence-electron chi connectivity index (χ1n) is 6.99. The maximum Gasteiger partial charge on any atom is 0.237 e. The highest BCUT2D eigenvalue weighted by Crippen LogP contribution is 2.04. The molecule has 18 heavy (non-hydrogen) atoms. The van der Waals surface area contributed by atoms with Gasteiger partial charge in [0.25, 0.3) is 0 Å². The van der Waals surface area contributed by atoms with Gasteiger partial charge in [0.1, 0.15) is 0 Å². The molecule has 4 heteroatoms. The van der Waals surface area contributed by atoms with Crippen LogP contribution >= 0.6 is 0 Å². The van der Waals surface area contributed by atoms with Crippen molar-refractivity contribution in [2.24, 2.45) is 5.92 Å². The van der Waals surface area contributed by atoms with Gasteiger partial charge in [-0.3, -0.25) is 4.79 Å². The predicted octanol–water partition coefficient (Wildman–Crippen LogP) is 1.47. The number of hydrogen-bond acceptors (Lipinski definition) is 3. The molecule has 0 spiro atoms. The first kappa shape index (κ1) is 17.4. The smallest absolute Gasteiger partial charge is 0.237 e. The standard InChI is InChI=1S/C14H31N3O/c1-8-11(4)15-14(18)12(5)16-13(10(2)3)9-17(6)7/h10-13,16H,8-9H2,1-7H3,(H,15,18). The molecule has 0 heterocycles. The Morgan fingerprint density at radius 2 is 1.72 bits per heavy atom. The third-order valence-electron chi connectivity index (χ3n) is 3.22. The van der Waals surface area contributed by atoms with Crippen molar-refractivity contribution in [3.05, 3.63) is 0 Å². The molecule has 0 aromatic heterocycles. The maximum atomic E-state index is 12.0. The predicted molar refractivity (Wildman–Crippen MR) is 77.7 cm³/mol. The van der Waals surface area contributed by atoms with Crippen LogP contribution in [-0.2, 0) is 4.79 Å². The Morgan fingerprint density at radius 3 is 2.11 bits per heavy atom. The largest absolute Gasteiger partial charge is 0.352 e. The Balaban J connectivity index is 4.31. The molecule has 0 aliphatic heterocycles. The number of likely N-dealkylation sites (N-methyl/N-ethyl adjacent to an activating group) is 1. The highest BCUT2D eigenvalue weighted by molar-refractivity contribution is 5.81. The van der Waals surface area contributed by atoms with E-state index < -0.39 is 0 Å². The number of nitrogens with one attached hydrogen (secondary N) is 2. The summed E-state index contributed by atoms with van der Waals surface area (Å²) >= 11 is 0. The third kappa shape index (κ3) is 6.97. The Bertz CT molecular complexity index is 241. The molecule has 0 fully saturated rings. The number of rotatable bonds is 8. The third-order valence-corrected chi connectivity index (χ3v) is 3.22. The summed E-state index contributed by atoms with van der Waals surface area (Å²) in [4.78, 5) is 14.1. The highest BCUT2D eigenvalue weighted by Gasteiger charge is 2.21. The van der Waals surface area contributed by atoms with E-state index in [0.717, 1.165) is 13.0 Å². The van der Waals surface area contributed by atoms with Crippen LogP contribution in [0.2, 0.25) is 0 Å². The zero-order valence-electron chi connectivity index (χ0n) is 13.1. The van der Waals surface area contributed by atoms with Gasteiger partial charge in [0.15, 0.2) is 0 Å². The van der Waals surface area contributed by atoms with E-state index in [9.17, 15) is 4.79 Å². The van der Waals surface area contributed by atoms with Gasteiger partial charge in [0, 0.05) is 18.6 Å². The average molecular weight is 257 g/mol. The van der Waals surface area contributed by atoms with Gasteiger partial charge in [-0.15, -0.1) is 0 Å². The Labute approximate surface area is 113 Å². The molecule has 1 amide bonds. The van der Waals surface area contributed by atoms with Gasteiger partial charge >= 0.3 is 0 Å². The van der Waals surface area contributed by atoms with E-state index in [0.29, 0.717) is 12.0 Å². The summed E-state index contributed by atoms with van der Waals surface area (Å²) in [7, 11) is 4.11. The average Bonchev–Trinajstić information content (AvgIpc) is 2.26. The number of nitrogens with zero attached hydrogens (tertiary/aromatic N) is 1. The molecule has 0 aromatic carbocycles. The van der Waals surface area contributed by atoms with Crippen LogP contribution in [0.1, 0.15) is 41.0 Å². The molecule has 0 bridgehead atoms. The first-order valence-corrected chi connectivity index (χ1v) is 6.99. The van der Waals surface area contributed by atoms with E-state index in [4.69, 9.17) is 0 Å². The lowest BCUT2D eigenvalue weighted by molar-refractivity contribution is -0.123. The Hall–Kier alpha value is -0.610. The van der Waals surface area contributed by atoms with Gasteiger partial charge in [-0.1, -0.05) is 20.8 Å². The van der Waals surface area contributed by atoms with Gasteiger partial charge in [-0.05, 0) is 40.3 Å². The molecule has 4 nitrogen and oxygen atoms in total. The lowest BCUT2D eigenvalue weighted by Gasteiger charge is -2.29. The van der Waals surface area contributed by atoms with E-state index in [1.54, 1.807) is 0 Å². The lowest BCUT2D eigenvalue weighted by atomic mass is 10.0. The minimum atomic E-state index is -0.147. The van der Waals surface area contributed by atoms with Crippen molar-refractivity contribution >= 4 is 5.91 Å². The van der Waals surface area contributed by atoms with Crippen LogP contribution in [0.5, 0.6) is 0 Å². The van der Waals surface area contributed by atoms with Crippen LogP contribution in [-0.4, -0.2) is 49.6 Å². The lowest BCUT2D eigenvalue weighted by Crippen LogP contribution is -2.52. The van der Waals surface area contributed by atoms with Crippen LogP contribution in [0.15, 0.2) is 0 Å². The topological polar surface area (TPSA) is 44.4 Å². The molecule has 108 valence electrons. The first-order chi connectivity index (χ1) is 8.27. The highest BCUT2D eigenvalue weighted by atomic mass is 16.2. The summed E-state index contributed by atoms with van der Waals surface area (Å²) in [6.07, 6.45) is 0.962. The van der Waals surface area contributed by atoms with Gasteiger partial charge in [-0.2, -0.15) is 0 Å². The van der Waals surface area contributed by atoms with Gasteiger partial charge < -0.3 is 15.5 Å². The quantitative estimate of drug-likeness (QED) is 0.692. The second-order valence-corrected chi connectivity index (χ2v) is 5.82. The summed E-state index contributed by atoms with van der Waals surface area (Å²) in [5.74, 6) is 0.597. The second-order valence-electron chi connectivity index (χ2n) is 5.82. The van der Waals surface area contributed by atoms with Crippen LogP contribution in [0.4, 0.5) is 0 Å². The summed E-state index contributed by atoms with van der Waals surface area (Å²) < 4.78 is 0. The van der Waals surface area contributed by atoms with Crippen LogP contribution < -0.4 is 10.6 Å². The molecule has 0 radical (unpaired) electrons. The fourth-order valence-corrected chi connectivity index (χ4v) is 1.72. The number of carbonyl (C=O) groups excluding carboxylic acids is 1. The second kappa shape index (κ2) is 8.48. The summed E-state index contributed by atoms with van der Waals surface area (Å²) in [6, 6.07) is 0.428. The monoisotopic (exact) mass is 257 g/mol. The molecule has 3 atom stereocenters. The molecule has 0 rings (SSSR count). The van der Waals surface area contributed by atoms with Crippen molar-refractivity contribution in [2.75, 3.05) is 20.6 Å². The molecule has 0 aliphatic rings. The van der Waals surface area contributed by atoms with Crippen LogP contribution in [0, 0.1) is 5.92 Å². The van der Waals surface area contributed by atoms with Crippen LogP contribution in [0.3, 0.4) is 0 Å². The van der Waals surface area contributed by atoms with Crippen molar-refractivity contribution in [3.63, 3.8) is 0 Å². The number of carbonyl (C=O) groups is 1. The normalized spacial score (nSPS) is 16.7. The van der Waals surface area contributed by atoms with Crippen LogP contribution in [0.25, 0.3) is 0 Å². The minimum Gasteiger partial charge on any atom is -0.352 e. The van der Waals surface area contributed by atoms with Crippen molar-refractivity contribution in [1.29, 1.82) is 0 Å². The summed E-state index contributed by atoms with van der Waals surface area (Å²) in [5, 5.41) is 6.44. The summed E-state index contributed by atoms with van der Waals surface area (Å²) in [5.41, 5.74) is 0. The Morgan fingerprint density at radius 1 is 1.17 bits per heavy atom. The van der Waals surface area contributed by atoms with Gasteiger partial charge in [-0.25, -0.2) is 0 Å². The fourth-order valence-electron chi connectivity index (χ4n) is 1.72. The van der Waals surface area contributed by atoms with Gasteiger partial charge in [0.2, 0.25) is 5.91 Å². The number of hydrogen-bond donors (Lipinski definition) is 2. The van der Waals surface area contributed by atoms with E-state index in [1.807, 2.05) is 13.8 Å². The van der Waals surface area contributed by atoms with Gasteiger partial charge in [0.05, 0.1) is 6.04 Å².